The number of ether oxygens (including phenoxy) is 1. The first-order valence-corrected chi connectivity index (χ1v) is 12.6. The number of amides is 1. The van der Waals surface area contributed by atoms with Crippen molar-refractivity contribution in [2.75, 3.05) is 17.1 Å². The predicted molar refractivity (Wildman–Crippen MR) is 135 cm³/mol. The van der Waals surface area contributed by atoms with Gasteiger partial charge in [0.15, 0.2) is 0 Å². The molecule has 1 heterocycles. The van der Waals surface area contributed by atoms with Crippen molar-refractivity contribution < 1.29 is 17.9 Å². The predicted octanol–water partition coefficient (Wildman–Crippen LogP) is 3.66. The molecule has 0 aliphatic carbocycles. The summed E-state index contributed by atoms with van der Waals surface area (Å²) in [6.45, 7) is 2.33. The van der Waals surface area contributed by atoms with Crippen molar-refractivity contribution in [3.63, 3.8) is 0 Å². The largest absolute Gasteiger partial charge is 0.495 e. The Labute approximate surface area is 203 Å². The quantitative estimate of drug-likeness (QED) is 0.369. The lowest BCUT2D eigenvalue weighted by Gasteiger charge is -2.13. The average Bonchev–Trinajstić information content (AvgIpc) is 3.10. The van der Waals surface area contributed by atoms with Crippen LogP contribution in [0.25, 0.3) is 11.0 Å². The lowest BCUT2D eigenvalue weighted by molar-refractivity contribution is -0.116. The number of hydrogen-bond donors (Lipinski definition) is 2. The summed E-state index contributed by atoms with van der Waals surface area (Å²) in [5.41, 5.74) is 1.76. The van der Waals surface area contributed by atoms with E-state index in [1.165, 1.54) is 29.9 Å². The number of para-hydroxylation sites is 4. The number of hydrogen-bond acceptors (Lipinski definition) is 5. The number of carbonyl (C=O) groups excluding carboxylic acids is 1. The Hall–Kier alpha value is -4.05. The van der Waals surface area contributed by atoms with Crippen LogP contribution >= 0.6 is 0 Å². The highest BCUT2D eigenvalue weighted by atomic mass is 32.2. The van der Waals surface area contributed by atoms with E-state index in [4.69, 9.17) is 4.74 Å². The summed E-state index contributed by atoms with van der Waals surface area (Å²) in [5.74, 6) is -0.0630. The average molecular weight is 495 g/mol. The molecule has 182 valence electrons. The Morgan fingerprint density at radius 2 is 1.63 bits per heavy atom. The zero-order chi connectivity index (χ0) is 25.0. The van der Waals surface area contributed by atoms with Crippen molar-refractivity contribution in [2.24, 2.45) is 0 Å². The van der Waals surface area contributed by atoms with Gasteiger partial charge in [-0.15, -0.1) is 0 Å². The number of carbonyl (C=O) groups is 1. The van der Waals surface area contributed by atoms with E-state index in [0.717, 1.165) is 11.9 Å². The molecule has 9 nitrogen and oxygen atoms in total. The van der Waals surface area contributed by atoms with Crippen LogP contribution in [0.3, 0.4) is 0 Å². The number of nitrogens with one attached hydrogen (secondary N) is 2. The molecule has 4 aromatic rings. The fourth-order valence-corrected chi connectivity index (χ4v) is 5.00. The molecular formula is C25H26N4O5S. The van der Waals surface area contributed by atoms with E-state index in [-0.39, 0.29) is 17.1 Å². The van der Waals surface area contributed by atoms with Gasteiger partial charge in [-0.05, 0) is 48.9 Å². The first-order chi connectivity index (χ1) is 16.8. The van der Waals surface area contributed by atoms with Gasteiger partial charge >= 0.3 is 5.69 Å². The van der Waals surface area contributed by atoms with E-state index in [2.05, 4.69) is 10.0 Å². The maximum Gasteiger partial charge on any atom is 0.329 e. The lowest BCUT2D eigenvalue weighted by atomic mass is 10.3. The van der Waals surface area contributed by atoms with Crippen molar-refractivity contribution in [1.82, 2.24) is 9.13 Å². The Balaban J connectivity index is 1.55. The molecule has 0 aliphatic heterocycles. The molecule has 0 radical (unpaired) electrons. The van der Waals surface area contributed by atoms with Gasteiger partial charge in [-0.2, -0.15) is 0 Å². The number of benzene rings is 3. The highest BCUT2D eigenvalue weighted by Crippen LogP contribution is 2.27. The van der Waals surface area contributed by atoms with Gasteiger partial charge in [0.2, 0.25) is 5.91 Å². The van der Waals surface area contributed by atoms with Crippen molar-refractivity contribution in [3.05, 3.63) is 83.3 Å². The van der Waals surface area contributed by atoms with Crippen LogP contribution in [0.2, 0.25) is 0 Å². The van der Waals surface area contributed by atoms with Gasteiger partial charge in [0.05, 0.1) is 28.7 Å². The molecule has 1 aromatic heterocycles. The molecule has 10 heteroatoms. The second-order valence-corrected chi connectivity index (χ2v) is 9.57. The summed E-state index contributed by atoms with van der Waals surface area (Å²) in [6.07, 6.45) is 0.782. The van der Waals surface area contributed by atoms with Gasteiger partial charge in [0, 0.05) is 12.2 Å². The van der Waals surface area contributed by atoms with Gasteiger partial charge in [0.1, 0.15) is 12.3 Å². The molecule has 4 rings (SSSR count). The number of sulfonamides is 1. The normalized spacial score (nSPS) is 11.4. The molecular weight excluding hydrogens is 468 g/mol. The molecule has 35 heavy (non-hydrogen) atoms. The van der Waals surface area contributed by atoms with Crippen LogP contribution in [-0.4, -0.2) is 30.6 Å². The fraction of sp³-hybridized carbons (Fsp3) is 0.200. The van der Waals surface area contributed by atoms with Crippen molar-refractivity contribution >= 4 is 38.3 Å². The van der Waals surface area contributed by atoms with Gasteiger partial charge in [0.25, 0.3) is 10.0 Å². The van der Waals surface area contributed by atoms with E-state index in [9.17, 15) is 18.0 Å². The van der Waals surface area contributed by atoms with Gasteiger partial charge < -0.3 is 10.1 Å². The van der Waals surface area contributed by atoms with Crippen molar-refractivity contribution in [3.8, 4) is 5.75 Å². The van der Waals surface area contributed by atoms with Crippen LogP contribution in [-0.2, 0) is 27.9 Å². The number of methoxy groups -OCH3 is 1. The summed E-state index contributed by atoms with van der Waals surface area (Å²) < 4.78 is 36.6. The first kappa shape index (κ1) is 24.1. The third-order valence-electron chi connectivity index (χ3n) is 5.45. The van der Waals surface area contributed by atoms with Crippen molar-refractivity contribution in [1.29, 1.82) is 0 Å². The molecule has 3 aromatic carbocycles. The minimum atomic E-state index is -3.94. The number of aryl methyl sites for hydroxylation is 1. The topological polar surface area (TPSA) is 111 Å². The van der Waals surface area contributed by atoms with Crippen LogP contribution in [0.1, 0.15) is 13.3 Å². The van der Waals surface area contributed by atoms with Crippen LogP contribution in [0.4, 0.5) is 11.4 Å². The van der Waals surface area contributed by atoms with Crippen LogP contribution < -0.4 is 20.5 Å². The van der Waals surface area contributed by atoms with E-state index in [1.54, 1.807) is 41.0 Å². The van der Waals surface area contributed by atoms with Crippen LogP contribution in [0.5, 0.6) is 5.75 Å². The standard InChI is InChI=1S/C25H26N4O5S/c1-3-15-28-21-12-5-6-13-22(21)29(25(28)31)17-24(30)26-18-9-8-10-19(16-18)35(32,33)27-20-11-4-7-14-23(20)34-2/h4-14,16,27H,3,15,17H2,1-2H3,(H,26,30). The zero-order valence-electron chi connectivity index (χ0n) is 19.4. The first-order valence-electron chi connectivity index (χ1n) is 11.1. The second-order valence-electron chi connectivity index (χ2n) is 7.89. The highest BCUT2D eigenvalue weighted by Gasteiger charge is 2.18. The molecule has 1 amide bonds. The van der Waals surface area contributed by atoms with E-state index < -0.39 is 15.9 Å². The third-order valence-corrected chi connectivity index (χ3v) is 6.82. The second kappa shape index (κ2) is 10.1. The maximum absolute atomic E-state index is 12.9. The number of aromatic nitrogens is 2. The van der Waals surface area contributed by atoms with E-state index >= 15 is 0 Å². The van der Waals surface area contributed by atoms with E-state index in [0.29, 0.717) is 29.2 Å². The Kier molecular flexibility index (Phi) is 6.92. The monoisotopic (exact) mass is 494 g/mol. The third kappa shape index (κ3) is 5.07. The molecule has 0 saturated heterocycles. The zero-order valence-corrected chi connectivity index (χ0v) is 20.2. The number of nitrogens with zero attached hydrogens (tertiary/aromatic N) is 2. The molecule has 0 fully saturated rings. The number of fused-ring (bicyclic) bond motifs is 1. The smallest absolute Gasteiger partial charge is 0.329 e. The Morgan fingerprint density at radius 1 is 0.943 bits per heavy atom. The van der Waals surface area contributed by atoms with Crippen LogP contribution in [0, 0.1) is 0 Å². The summed E-state index contributed by atoms with van der Waals surface area (Å²) in [4.78, 5) is 25.7. The molecule has 0 spiro atoms. The SMILES string of the molecule is CCCn1c(=O)n(CC(=O)Nc2cccc(S(=O)(=O)Nc3ccccc3OC)c2)c2ccccc21. The van der Waals surface area contributed by atoms with Crippen LogP contribution in [0.15, 0.2) is 82.5 Å². The molecule has 0 bridgehead atoms. The summed E-state index contributed by atoms with van der Waals surface area (Å²) in [6, 6.07) is 19.9. The maximum atomic E-state index is 12.9. The van der Waals surface area contributed by atoms with Crippen molar-refractivity contribution in [2.45, 2.75) is 31.3 Å². The lowest BCUT2D eigenvalue weighted by Crippen LogP contribution is -2.29. The van der Waals surface area contributed by atoms with Gasteiger partial charge in [-0.3, -0.25) is 18.7 Å². The molecule has 0 atom stereocenters. The van der Waals surface area contributed by atoms with E-state index in [1.807, 2.05) is 25.1 Å². The summed E-state index contributed by atoms with van der Waals surface area (Å²) in [5, 5.41) is 2.70. The minimum absolute atomic E-state index is 0.0297. The van der Waals surface area contributed by atoms with Gasteiger partial charge in [-0.1, -0.05) is 37.3 Å². The highest BCUT2D eigenvalue weighted by molar-refractivity contribution is 7.92. The number of rotatable bonds is 9. The fourth-order valence-electron chi connectivity index (χ4n) is 3.88. The Morgan fingerprint density at radius 3 is 2.34 bits per heavy atom. The van der Waals surface area contributed by atoms with Gasteiger partial charge in [-0.25, -0.2) is 13.2 Å². The molecule has 0 saturated carbocycles. The Bertz CT molecular complexity index is 1540. The molecule has 0 unspecified atom stereocenters. The molecule has 0 aliphatic rings. The summed E-state index contributed by atoms with van der Waals surface area (Å²) in [7, 11) is -2.49. The minimum Gasteiger partial charge on any atom is -0.495 e. The number of imidazole rings is 1. The summed E-state index contributed by atoms with van der Waals surface area (Å²) >= 11 is 0. The molecule has 2 N–H and O–H groups in total. The number of anilines is 2.